The van der Waals surface area contributed by atoms with Crippen LogP contribution in [0, 0.1) is 12.8 Å². The monoisotopic (exact) mass is 416 g/mol. The van der Waals surface area contributed by atoms with E-state index in [1.165, 1.54) is 5.56 Å². The Hall–Kier alpha value is -3.41. The van der Waals surface area contributed by atoms with E-state index in [0.717, 1.165) is 47.8 Å². The Morgan fingerprint density at radius 3 is 2.68 bits per heavy atom. The summed E-state index contributed by atoms with van der Waals surface area (Å²) in [4.78, 5) is 14.9. The van der Waals surface area contributed by atoms with Crippen LogP contribution in [0.1, 0.15) is 24.0 Å². The Morgan fingerprint density at radius 1 is 1.13 bits per heavy atom. The van der Waals surface area contributed by atoms with E-state index in [-0.39, 0.29) is 11.8 Å². The predicted octanol–water partition coefficient (Wildman–Crippen LogP) is 3.99. The first kappa shape index (κ1) is 20.8. The van der Waals surface area contributed by atoms with Crippen LogP contribution in [-0.4, -0.2) is 36.3 Å². The Morgan fingerprint density at radius 2 is 1.97 bits per heavy atom. The van der Waals surface area contributed by atoms with Gasteiger partial charge in [0.05, 0.1) is 18.7 Å². The summed E-state index contributed by atoms with van der Waals surface area (Å²) in [5.41, 5.74) is 4.18. The number of carbonyl (C=O) groups is 1. The lowest BCUT2D eigenvalue weighted by Gasteiger charge is -2.32. The van der Waals surface area contributed by atoms with Crippen molar-refractivity contribution in [1.82, 2.24) is 15.5 Å². The molecule has 0 saturated carbocycles. The quantitative estimate of drug-likeness (QED) is 0.658. The lowest BCUT2D eigenvalue weighted by Crippen LogP contribution is -2.43. The molecule has 160 valence electrons. The molecule has 0 bridgehead atoms. The van der Waals surface area contributed by atoms with Gasteiger partial charge >= 0.3 is 0 Å². The zero-order valence-electron chi connectivity index (χ0n) is 18.0. The minimum atomic E-state index is -0.0507. The van der Waals surface area contributed by atoms with E-state index in [1.54, 1.807) is 7.11 Å². The van der Waals surface area contributed by atoms with Crippen molar-refractivity contribution < 1.29 is 9.53 Å². The fraction of sp³-hybridized carbons (Fsp3) is 0.320. The number of rotatable bonds is 6. The minimum absolute atomic E-state index is 0.0507. The summed E-state index contributed by atoms with van der Waals surface area (Å²) in [5, 5.41) is 11.9. The topological polar surface area (TPSA) is 67.3 Å². The lowest BCUT2D eigenvalue weighted by molar-refractivity contribution is -0.125. The minimum Gasteiger partial charge on any atom is -0.497 e. The summed E-state index contributed by atoms with van der Waals surface area (Å²) in [6.45, 7) is 4.14. The number of piperidine rings is 1. The molecule has 1 aliphatic rings. The largest absolute Gasteiger partial charge is 0.497 e. The number of hydrogen-bond acceptors (Lipinski definition) is 5. The second-order valence-corrected chi connectivity index (χ2v) is 8.00. The summed E-state index contributed by atoms with van der Waals surface area (Å²) in [6.07, 6.45) is 1.85. The van der Waals surface area contributed by atoms with Crippen molar-refractivity contribution in [3.63, 3.8) is 0 Å². The van der Waals surface area contributed by atoms with Gasteiger partial charge in [-0.25, -0.2) is 0 Å². The normalized spacial score (nSPS) is 16.1. The van der Waals surface area contributed by atoms with Gasteiger partial charge in [0, 0.05) is 25.2 Å². The fourth-order valence-corrected chi connectivity index (χ4v) is 3.93. The highest BCUT2D eigenvalue weighted by Crippen LogP contribution is 2.24. The second kappa shape index (κ2) is 9.60. The molecule has 1 aromatic heterocycles. The zero-order valence-corrected chi connectivity index (χ0v) is 18.0. The molecule has 1 atom stereocenters. The van der Waals surface area contributed by atoms with Crippen LogP contribution in [0.3, 0.4) is 0 Å². The third kappa shape index (κ3) is 5.20. The van der Waals surface area contributed by atoms with E-state index in [2.05, 4.69) is 39.5 Å². The molecule has 6 heteroatoms. The fourth-order valence-electron chi connectivity index (χ4n) is 3.93. The Balaban J connectivity index is 1.35. The maximum atomic E-state index is 12.7. The molecule has 3 aromatic rings. The summed E-state index contributed by atoms with van der Waals surface area (Å²) < 4.78 is 5.18. The van der Waals surface area contributed by atoms with Gasteiger partial charge in [0.25, 0.3) is 0 Å². The Kier molecular flexibility index (Phi) is 6.46. The predicted molar refractivity (Wildman–Crippen MR) is 122 cm³/mol. The molecule has 4 rings (SSSR count). The van der Waals surface area contributed by atoms with Crippen molar-refractivity contribution in [2.24, 2.45) is 5.92 Å². The van der Waals surface area contributed by atoms with E-state index in [0.29, 0.717) is 13.1 Å². The molecular weight excluding hydrogens is 388 g/mol. The number of hydrogen-bond donors (Lipinski definition) is 1. The molecule has 2 heterocycles. The smallest absolute Gasteiger partial charge is 0.225 e. The summed E-state index contributed by atoms with van der Waals surface area (Å²) >= 11 is 0. The molecule has 0 aliphatic carbocycles. The molecule has 0 radical (unpaired) electrons. The molecule has 1 amide bonds. The first-order valence-electron chi connectivity index (χ1n) is 10.7. The summed E-state index contributed by atoms with van der Waals surface area (Å²) in [7, 11) is 1.64. The molecule has 0 unspecified atom stereocenters. The van der Waals surface area contributed by atoms with Gasteiger partial charge in [-0.05, 0) is 55.7 Å². The first-order valence-corrected chi connectivity index (χ1v) is 10.7. The van der Waals surface area contributed by atoms with Crippen molar-refractivity contribution in [3.8, 4) is 17.0 Å². The van der Waals surface area contributed by atoms with Gasteiger partial charge in [-0.15, -0.1) is 10.2 Å². The molecule has 1 saturated heterocycles. The number of aromatic nitrogens is 2. The molecule has 1 aliphatic heterocycles. The Bertz CT molecular complexity index is 1020. The van der Waals surface area contributed by atoms with Crippen LogP contribution >= 0.6 is 0 Å². The van der Waals surface area contributed by atoms with Crippen LogP contribution < -0.4 is 15.0 Å². The van der Waals surface area contributed by atoms with Crippen molar-refractivity contribution in [2.45, 2.75) is 26.3 Å². The van der Waals surface area contributed by atoms with Gasteiger partial charge in [-0.2, -0.15) is 0 Å². The van der Waals surface area contributed by atoms with Crippen molar-refractivity contribution >= 4 is 11.7 Å². The number of carbonyl (C=O) groups excluding carboxylic acids is 1. The van der Waals surface area contributed by atoms with Crippen LogP contribution in [0.15, 0.2) is 60.7 Å². The average molecular weight is 417 g/mol. The van der Waals surface area contributed by atoms with Crippen LogP contribution in [0.4, 0.5) is 5.82 Å². The molecule has 2 aromatic carbocycles. The average Bonchev–Trinajstić information content (AvgIpc) is 2.83. The number of aryl methyl sites for hydroxylation is 1. The molecule has 0 spiro atoms. The van der Waals surface area contributed by atoms with Crippen LogP contribution in [-0.2, 0) is 11.3 Å². The van der Waals surface area contributed by atoms with Crippen LogP contribution in [0.25, 0.3) is 11.3 Å². The van der Waals surface area contributed by atoms with Crippen molar-refractivity contribution in [3.05, 3.63) is 71.8 Å². The number of nitrogens with one attached hydrogen (secondary N) is 1. The lowest BCUT2D eigenvalue weighted by atomic mass is 9.97. The molecule has 31 heavy (non-hydrogen) atoms. The van der Waals surface area contributed by atoms with E-state index >= 15 is 0 Å². The number of anilines is 1. The molecular formula is C25H28N4O2. The van der Waals surface area contributed by atoms with Gasteiger partial charge < -0.3 is 15.0 Å². The highest BCUT2D eigenvalue weighted by molar-refractivity contribution is 5.79. The highest BCUT2D eigenvalue weighted by atomic mass is 16.5. The number of ether oxygens (including phenoxy) is 1. The maximum absolute atomic E-state index is 12.7. The van der Waals surface area contributed by atoms with Gasteiger partial charge in [-0.3, -0.25) is 4.79 Å². The first-order chi connectivity index (χ1) is 15.1. The van der Waals surface area contributed by atoms with E-state index < -0.39 is 0 Å². The second-order valence-electron chi connectivity index (χ2n) is 8.00. The number of benzene rings is 2. The van der Waals surface area contributed by atoms with Gasteiger partial charge in [0.15, 0.2) is 5.82 Å². The third-order valence-corrected chi connectivity index (χ3v) is 5.71. The van der Waals surface area contributed by atoms with Gasteiger partial charge in [0.1, 0.15) is 5.75 Å². The van der Waals surface area contributed by atoms with Crippen molar-refractivity contribution in [2.75, 3.05) is 25.1 Å². The van der Waals surface area contributed by atoms with E-state index in [9.17, 15) is 4.79 Å². The zero-order chi connectivity index (χ0) is 21.6. The Labute approximate surface area is 183 Å². The van der Waals surface area contributed by atoms with Crippen LogP contribution in [0.2, 0.25) is 0 Å². The summed E-state index contributed by atoms with van der Waals surface area (Å²) in [6, 6.07) is 20.0. The van der Waals surface area contributed by atoms with Crippen LogP contribution in [0.5, 0.6) is 5.75 Å². The SMILES string of the molecule is COc1ccc(CNC(=O)[C@@H]2CCCN(c3ccc(-c4cccc(C)c4)nn3)C2)cc1. The summed E-state index contributed by atoms with van der Waals surface area (Å²) in [5.74, 6) is 1.67. The number of methoxy groups -OCH3 is 1. The van der Waals surface area contributed by atoms with E-state index in [4.69, 9.17) is 4.74 Å². The van der Waals surface area contributed by atoms with Crippen molar-refractivity contribution in [1.29, 1.82) is 0 Å². The molecule has 6 nitrogen and oxygen atoms in total. The maximum Gasteiger partial charge on any atom is 0.225 e. The third-order valence-electron chi connectivity index (χ3n) is 5.71. The molecule has 1 fully saturated rings. The van der Waals surface area contributed by atoms with Gasteiger partial charge in [0.2, 0.25) is 5.91 Å². The highest BCUT2D eigenvalue weighted by Gasteiger charge is 2.26. The number of nitrogens with zero attached hydrogens (tertiary/aromatic N) is 3. The number of amides is 1. The standard InChI is InChI=1S/C25H28N4O2/c1-18-5-3-6-20(15-18)23-12-13-24(28-27-23)29-14-4-7-21(17-29)25(30)26-16-19-8-10-22(31-2)11-9-19/h3,5-6,8-13,15,21H,4,7,14,16-17H2,1-2H3,(H,26,30)/t21-/m1/s1. The van der Waals surface area contributed by atoms with Gasteiger partial charge in [-0.1, -0.05) is 35.9 Å². The molecule has 1 N–H and O–H groups in total. The van der Waals surface area contributed by atoms with E-state index in [1.807, 2.05) is 48.5 Å².